The van der Waals surface area contributed by atoms with Gasteiger partial charge in [0.15, 0.2) is 11.5 Å². The third kappa shape index (κ3) is 2.83. The molecule has 21 heavy (non-hydrogen) atoms. The Labute approximate surface area is 123 Å². The van der Waals surface area contributed by atoms with Gasteiger partial charge in [-0.25, -0.2) is 0 Å². The normalized spacial score (nSPS) is 21.0. The van der Waals surface area contributed by atoms with Gasteiger partial charge in [-0.15, -0.1) is 0 Å². The summed E-state index contributed by atoms with van der Waals surface area (Å²) >= 11 is 0. The van der Waals surface area contributed by atoms with Crippen LogP contribution in [-0.2, 0) is 4.79 Å². The highest BCUT2D eigenvalue weighted by atomic mass is 16.7. The van der Waals surface area contributed by atoms with Crippen LogP contribution in [-0.4, -0.2) is 29.1 Å². The number of fused-ring (bicyclic) bond motifs is 1. The molecular weight excluding hydrogens is 272 g/mol. The van der Waals surface area contributed by atoms with E-state index in [0.29, 0.717) is 17.1 Å². The molecule has 2 aliphatic rings. The van der Waals surface area contributed by atoms with E-state index in [1.54, 1.807) is 18.2 Å². The number of hydrogen-bond donors (Lipinski definition) is 2. The fourth-order valence-electron chi connectivity index (χ4n) is 3.34. The lowest BCUT2D eigenvalue weighted by molar-refractivity contribution is -0.143. The van der Waals surface area contributed by atoms with Crippen LogP contribution in [0.5, 0.6) is 11.5 Å². The number of aliphatic carboxylic acids is 1. The molecule has 1 aromatic carbocycles. The van der Waals surface area contributed by atoms with Gasteiger partial charge in [-0.05, 0) is 36.5 Å². The fourth-order valence-corrected chi connectivity index (χ4v) is 3.34. The highest BCUT2D eigenvalue weighted by molar-refractivity contribution is 5.77. The van der Waals surface area contributed by atoms with Crippen molar-refractivity contribution in [3.8, 4) is 11.5 Å². The molecule has 1 fully saturated rings. The molecule has 0 radical (unpaired) electrons. The molecule has 1 aliphatic heterocycles. The number of aliphatic hydroxyl groups is 1. The average Bonchev–Trinajstić information content (AvgIpc) is 2.95. The smallest absolute Gasteiger partial charge is 0.313 e. The Morgan fingerprint density at radius 1 is 1.14 bits per heavy atom. The van der Waals surface area contributed by atoms with Gasteiger partial charge in [0.2, 0.25) is 6.79 Å². The maximum Gasteiger partial charge on any atom is 0.313 e. The van der Waals surface area contributed by atoms with Gasteiger partial charge < -0.3 is 19.7 Å². The Bertz CT molecular complexity index is 521. The van der Waals surface area contributed by atoms with E-state index in [9.17, 15) is 15.0 Å². The molecular formula is C16H20O5. The number of aliphatic hydroxyl groups excluding tert-OH is 1. The van der Waals surface area contributed by atoms with E-state index in [2.05, 4.69) is 0 Å². The lowest BCUT2D eigenvalue weighted by Gasteiger charge is -2.30. The molecule has 0 aromatic heterocycles. The second-order valence-electron chi connectivity index (χ2n) is 5.82. The third-order valence-corrected chi connectivity index (χ3v) is 4.50. The maximum atomic E-state index is 11.7. The van der Waals surface area contributed by atoms with Gasteiger partial charge in [-0.1, -0.05) is 25.3 Å². The average molecular weight is 292 g/mol. The van der Waals surface area contributed by atoms with Crippen molar-refractivity contribution >= 4 is 5.97 Å². The van der Waals surface area contributed by atoms with Crippen LogP contribution in [0, 0.1) is 5.92 Å². The summed E-state index contributed by atoms with van der Waals surface area (Å²) in [5.74, 6) is -0.676. The van der Waals surface area contributed by atoms with E-state index in [-0.39, 0.29) is 12.7 Å². The number of carboxylic acid groups (broad SMARTS) is 1. The first-order chi connectivity index (χ1) is 10.2. The molecule has 0 saturated heterocycles. The Kier molecular flexibility index (Phi) is 4.01. The summed E-state index contributed by atoms with van der Waals surface area (Å²) in [4.78, 5) is 11.7. The van der Waals surface area contributed by atoms with Gasteiger partial charge in [-0.3, -0.25) is 4.79 Å². The highest BCUT2D eigenvalue weighted by Crippen LogP contribution is 2.38. The van der Waals surface area contributed by atoms with Crippen LogP contribution in [0.4, 0.5) is 0 Å². The largest absolute Gasteiger partial charge is 0.481 e. The van der Waals surface area contributed by atoms with Crippen LogP contribution in [0.1, 0.15) is 43.6 Å². The molecule has 114 valence electrons. The Hall–Kier alpha value is -1.75. The van der Waals surface area contributed by atoms with Gasteiger partial charge in [-0.2, -0.15) is 0 Å². The van der Waals surface area contributed by atoms with Crippen molar-refractivity contribution in [1.82, 2.24) is 0 Å². The van der Waals surface area contributed by atoms with Crippen LogP contribution in [0.25, 0.3) is 0 Å². The first-order valence-corrected chi connectivity index (χ1v) is 7.47. The molecule has 0 amide bonds. The molecule has 5 heteroatoms. The zero-order chi connectivity index (χ0) is 14.8. The first kappa shape index (κ1) is 14.2. The van der Waals surface area contributed by atoms with Crippen LogP contribution in [0.3, 0.4) is 0 Å². The van der Waals surface area contributed by atoms with Crippen LogP contribution >= 0.6 is 0 Å². The molecule has 2 atom stereocenters. The third-order valence-electron chi connectivity index (χ3n) is 4.50. The summed E-state index contributed by atoms with van der Waals surface area (Å²) < 4.78 is 10.5. The Morgan fingerprint density at radius 2 is 1.86 bits per heavy atom. The summed E-state index contributed by atoms with van der Waals surface area (Å²) in [6, 6.07) is 5.09. The van der Waals surface area contributed by atoms with Crippen molar-refractivity contribution in [1.29, 1.82) is 0 Å². The van der Waals surface area contributed by atoms with E-state index < -0.39 is 18.0 Å². The summed E-state index contributed by atoms with van der Waals surface area (Å²) in [6.07, 6.45) is 4.24. The molecule has 5 nitrogen and oxygen atoms in total. The summed E-state index contributed by atoms with van der Waals surface area (Å²) in [6.45, 7) is 0.154. The van der Waals surface area contributed by atoms with Crippen molar-refractivity contribution in [3.05, 3.63) is 23.8 Å². The lowest BCUT2D eigenvalue weighted by Crippen LogP contribution is -2.33. The number of carbonyl (C=O) groups is 1. The van der Waals surface area contributed by atoms with Crippen LogP contribution in [0.15, 0.2) is 18.2 Å². The molecule has 2 N–H and O–H groups in total. The number of carboxylic acids is 1. The van der Waals surface area contributed by atoms with Gasteiger partial charge in [0.25, 0.3) is 0 Å². The van der Waals surface area contributed by atoms with Crippen molar-refractivity contribution in [2.75, 3.05) is 6.79 Å². The van der Waals surface area contributed by atoms with E-state index in [1.165, 1.54) is 6.42 Å². The zero-order valence-electron chi connectivity index (χ0n) is 11.8. The minimum Gasteiger partial charge on any atom is -0.481 e. The lowest BCUT2D eigenvalue weighted by atomic mass is 9.78. The molecule has 1 saturated carbocycles. The number of hydrogen-bond acceptors (Lipinski definition) is 4. The summed E-state index contributed by atoms with van der Waals surface area (Å²) in [5.41, 5.74) is 0.574. The maximum absolute atomic E-state index is 11.7. The van der Waals surface area contributed by atoms with Gasteiger partial charge in [0.05, 0.1) is 6.10 Å². The van der Waals surface area contributed by atoms with Crippen LogP contribution in [0.2, 0.25) is 0 Å². The van der Waals surface area contributed by atoms with E-state index in [0.717, 1.165) is 25.7 Å². The highest BCUT2D eigenvalue weighted by Gasteiger charge is 2.35. The van der Waals surface area contributed by atoms with Crippen molar-refractivity contribution in [2.24, 2.45) is 5.92 Å². The summed E-state index contributed by atoms with van der Waals surface area (Å²) in [7, 11) is 0. The second-order valence-corrected chi connectivity index (χ2v) is 5.82. The Morgan fingerprint density at radius 3 is 2.57 bits per heavy atom. The molecule has 0 spiro atoms. The molecule has 1 aromatic rings. The molecule has 1 heterocycles. The second kappa shape index (κ2) is 5.93. The number of rotatable bonds is 4. The van der Waals surface area contributed by atoms with E-state index in [4.69, 9.17) is 9.47 Å². The minimum atomic E-state index is -0.994. The molecule has 0 bridgehead atoms. The fraction of sp³-hybridized carbons (Fsp3) is 0.562. The zero-order valence-corrected chi connectivity index (χ0v) is 11.8. The van der Waals surface area contributed by atoms with Crippen molar-refractivity contribution in [3.63, 3.8) is 0 Å². The predicted molar refractivity (Wildman–Crippen MR) is 75.5 cm³/mol. The van der Waals surface area contributed by atoms with Crippen molar-refractivity contribution < 1.29 is 24.5 Å². The predicted octanol–water partition coefficient (Wildman–Crippen LogP) is 2.52. The standard InChI is InChI=1S/C16H20O5/c17-15(10-4-2-1-3-5-10)14(16(18)19)11-6-7-12-13(8-11)21-9-20-12/h6-8,10,14-15,17H,1-5,9H2,(H,18,19). The Balaban J connectivity index is 1.85. The van der Waals surface area contributed by atoms with Gasteiger partial charge in [0.1, 0.15) is 5.92 Å². The van der Waals surface area contributed by atoms with Crippen LogP contribution < -0.4 is 9.47 Å². The summed E-state index contributed by atoms with van der Waals surface area (Å²) in [5, 5.41) is 20.1. The molecule has 2 unspecified atom stereocenters. The first-order valence-electron chi connectivity index (χ1n) is 7.47. The molecule has 1 aliphatic carbocycles. The number of benzene rings is 1. The van der Waals surface area contributed by atoms with E-state index >= 15 is 0 Å². The number of ether oxygens (including phenoxy) is 2. The quantitative estimate of drug-likeness (QED) is 0.891. The van der Waals surface area contributed by atoms with Crippen molar-refractivity contribution in [2.45, 2.75) is 44.1 Å². The van der Waals surface area contributed by atoms with Gasteiger partial charge in [0, 0.05) is 0 Å². The minimum absolute atomic E-state index is 0.0604. The van der Waals surface area contributed by atoms with E-state index in [1.807, 2.05) is 0 Å². The monoisotopic (exact) mass is 292 g/mol. The topological polar surface area (TPSA) is 76.0 Å². The SMILES string of the molecule is O=C(O)C(c1ccc2c(c1)OCO2)C(O)C1CCCCC1. The van der Waals surface area contributed by atoms with Gasteiger partial charge >= 0.3 is 5.97 Å². The molecule has 3 rings (SSSR count).